The molecule has 4 aromatic carbocycles. The van der Waals surface area contributed by atoms with Crippen LogP contribution in [0.4, 0.5) is 5.69 Å². The summed E-state index contributed by atoms with van der Waals surface area (Å²) < 4.78 is 6.09. The minimum Gasteiger partial charge on any atom is -0.489 e. The monoisotopic (exact) mass is 575 g/mol. The highest BCUT2D eigenvalue weighted by molar-refractivity contribution is 6.35. The first kappa shape index (κ1) is 29.2. The van der Waals surface area contributed by atoms with Crippen LogP contribution in [0.5, 0.6) is 5.75 Å². The number of aliphatic hydroxyl groups excluding tert-OH is 1. The summed E-state index contributed by atoms with van der Waals surface area (Å²) in [5.74, 6) is -1.98. The SMILES string of the molecule is Cc1c(-c2ccccc2)cccc1N1C(=O)c2cc(CN[C@H](C(=O)O)[C@H](C)O)c(OCc3cccc(C#N)c3)cc2C1=O. The second kappa shape index (κ2) is 12.3. The van der Waals surface area contributed by atoms with Crippen LogP contribution >= 0.6 is 0 Å². The number of hydrogen-bond acceptors (Lipinski definition) is 7. The van der Waals surface area contributed by atoms with Gasteiger partial charge >= 0.3 is 5.97 Å². The van der Waals surface area contributed by atoms with Crippen molar-refractivity contribution in [2.45, 2.75) is 39.1 Å². The Morgan fingerprint density at radius 2 is 1.65 bits per heavy atom. The largest absolute Gasteiger partial charge is 0.489 e. The van der Waals surface area contributed by atoms with E-state index in [0.29, 0.717) is 22.4 Å². The van der Waals surface area contributed by atoms with Crippen LogP contribution in [0.25, 0.3) is 11.1 Å². The third-order valence-electron chi connectivity index (χ3n) is 7.41. The molecule has 0 radical (unpaired) electrons. The van der Waals surface area contributed by atoms with E-state index in [1.165, 1.54) is 19.1 Å². The number of benzene rings is 4. The third kappa shape index (κ3) is 5.88. The fraction of sp³-hybridized carbons (Fsp3) is 0.176. The molecule has 2 atom stereocenters. The van der Waals surface area contributed by atoms with Gasteiger partial charge in [-0.15, -0.1) is 0 Å². The molecule has 4 aromatic rings. The predicted molar refractivity (Wildman–Crippen MR) is 160 cm³/mol. The molecule has 0 aromatic heterocycles. The lowest BCUT2D eigenvalue weighted by molar-refractivity contribution is -0.142. The van der Waals surface area contributed by atoms with Crippen molar-refractivity contribution in [3.63, 3.8) is 0 Å². The van der Waals surface area contributed by atoms with E-state index in [4.69, 9.17) is 4.74 Å². The van der Waals surface area contributed by atoms with Crippen molar-refractivity contribution < 1.29 is 29.3 Å². The quantitative estimate of drug-likeness (QED) is 0.228. The molecule has 5 rings (SSSR count). The first-order valence-electron chi connectivity index (χ1n) is 13.7. The maximum atomic E-state index is 13.8. The number of carboxylic acid groups (broad SMARTS) is 1. The molecule has 9 nitrogen and oxygen atoms in total. The maximum absolute atomic E-state index is 13.8. The Morgan fingerprint density at radius 3 is 2.33 bits per heavy atom. The number of imide groups is 1. The van der Waals surface area contributed by atoms with Gasteiger partial charge in [0.15, 0.2) is 0 Å². The summed E-state index contributed by atoms with van der Waals surface area (Å²) in [5.41, 5.74) is 4.99. The highest BCUT2D eigenvalue weighted by atomic mass is 16.5. The number of aliphatic carboxylic acids is 1. The number of carboxylic acids is 1. The van der Waals surface area contributed by atoms with Crippen molar-refractivity contribution >= 4 is 23.5 Å². The van der Waals surface area contributed by atoms with E-state index >= 15 is 0 Å². The summed E-state index contributed by atoms with van der Waals surface area (Å²) in [6.07, 6.45) is -1.19. The molecule has 1 heterocycles. The topological polar surface area (TPSA) is 140 Å². The van der Waals surface area contributed by atoms with Crippen LogP contribution in [-0.2, 0) is 17.9 Å². The van der Waals surface area contributed by atoms with E-state index in [9.17, 15) is 29.9 Å². The fourth-order valence-electron chi connectivity index (χ4n) is 5.17. The molecule has 3 N–H and O–H groups in total. The van der Waals surface area contributed by atoms with Crippen molar-refractivity contribution in [1.82, 2.24) is 5.32 Å². The molecule has 0 bridgehead atoms. The maximum Gasteiger partial charge on any atom is 0.323 e. The fourth-order valence-corrected chi connectivity index (χ4v) is 5.17. The summed E-state index contributed by atoms with van der Waals surface area (Å²) in [6, 6.07) is 25.8. The van der Waals surface area contributed by atoms with Gasteiger partial charge in [0.1, 0.15) is 18.4 Å². The van der Waals surface area contributed by atoms with Gasteiger partial charge in [-0.1, -0.05) is 54.6 Å². The van der Waals surface area contributed by atoms with Crippen molar-refractivity contribution in [3.8, 4) is 22.9 Å². The zero-order valence-electron chi connectivity index (χ0n) is 23.6. The number of aliphatic hydroxyl groups is 1. The average Bonchev–Trinajstić information content (AvgIpc) is 3.24. The van der Waals surface area contributed by atoms with E-state index in [0.717, 1.165) is 21.6 Å². The van der Waals surface area contributed by atoms with Crippen LogP contribution in [0.15, 0.2) is 84.9 Å². The number of carbonyl (C=O) groups excluding carboxylic acids is 2. The molecule has 0 unspecified atom stereocenters. The molecule has 216 valence electrons. The molecule has 0 aliphatic carbocycles. The summed E-state index contributed by atoms with van der Waals surface area (Å²) in [6.45, 7) is 3.22. The number of ether oxygens (including phenoxy) is 1. The Bertz CT molecular complexity index is 1760. The number of fused-ring (bicyclic) bond motifs is 1. The van der Waals surface area contributed by atoms with Gasteiger partial charge in [-0.05, 0) is 66.4 Å². The smallest absolute Gasteiger partial charge is 0.323 e. The van der Waals surface area contributed by atoms with Gasteiger partial charge in [-0.2, -0.15) is 5.26 Å². The molecule has 0 saturated heterocycles. The number of nitrogens with zero attached hydrogens (tertiary/aromatic N) is 2. The number of rotatable bonds is 10. The molecule has 9 heteroatoms. The van der Waals surface area contributed by atoms with Gasteiger partial charge in [-0.3, -0.25) is 19.7 Å². The number of carbonyl (C=O) groups is 3. The van der Waals surface area contributed by atoms with E-state index in [-0.39, 0.29) is 30.0 Å². The Hall–Kier alpha value is -5.30. The number of nitrogens with one attached hydrogen (secondary N) is 1. The third-order valence-corrected chi connectivity index (χ3v) is 7.41. The minimum absolute atomic E-state index is 0.0597. The minimum atomic E-state index is -1.27. The molecule has 0 fully saturated rings. The van der Waals surface area contributed by atoms with Crippen molar-refractivity contribution in [3.05, 3.63) is 118 Å². The molecule has 43 heavy (non-hydrogen) atoms. The molecule has 0 spiro atoms. The number of amides is 2. The first-order chi connectivity index (χ1) is 20.7. The number of hydrogen-bond donors (Lipinski definition) is 3. The van der Waals surface area contributed by atoms with Crippen molar-refractivity contribution in [2.24, 2.45) is 0 Å². The lowest BCUT2D eigenvalue weighted by Gasteiger charge is -2.19. The molecular formula is C34H29N3O6. The summed E-state index contributed by atoms with van der Waals surface area (Å²) in [4.78, 5) is 40.3. The van der Waals surface area contributed by atoms with Crippen LogP contribution < -0.4 is 15.0 Å². The van der Waals surface area contributed by atoms with Gasteiger partial charge in [0.25, 0.3) is 11.8 Å². The van der Waals surface area contributed by atoms with E-state index < -0.39 is 29.9 Å². The van der Waals surface area contributed by atoms with Crippen LogP contribution in [-0.4, -0.2) is 40.1 Å². The zero-order chi connectivity index (χ0) is 30.7. The van der Waals surface area contributed by atoms with Crippen LogP contribution in [0.2, 0.25) is 0 Å². The second-order valence-electron chi connectivity index (χ2n) is 10.3. The van der Waals surface area contributed by atoms with Gasteiger partial charge in [0.2, 0.25) is 0 Å². The van der Waals surface area contributed by atoms with Crippen LogP contribution in [0, 0.1) is 18.3 Å². The Kier molecular flexibility index (Phi) is 8.34. The van der Waals surface area contributed by atoms with Crippen molar-refractivity contribution in [2.75, 3.05) is 4.90 Å². The highest BCUT2D eigenvalue weighted by Crippen LogP contribution is 2.37. The van der Waals surface area contributed by atoms with Gasteiger partial charge < -0.3 is 14.9 Å². The zero-order valence-corrected chi connectivity index (χ0v) is 23.6. The Labute approximate surface area is 248 Å². The number of anilines is 1. The van der Waals surface area contributed by atoms with Crippen LogP contribution in [0.3, 0.4) is 0 Å². The molecule has 2 amide bonds. The lowest BCUT2D eigenvalue weighted by atomic mass is 9.99. The van der Waals surface area contributed by atoms with Crippen molar-refractivity contribution in [1.29, 1.82) is 5.26 Å². The van der Waals surface area contributed by atoms with E-state index in [1.54, 1.807) is 36.4 Å². The average molecular weight is 576 g/mol. The summed E-state index contributed by atoms with van der Waals surface area (Å²) in [5, 5.41) is 31.5. The Balaban J connectivity index is 1.52. The second-order valence-corrected chi connectivity index (χ2v) is 10.3. The number of nitriles is 1. The molecule has 1 aliphatic rings. The summed E-state index contributed by atoms with van der Waals surface area (Å²) in [7, 11) is 0. The van der Waals surface area contributed by atoms with Gasteiger partial charge in [-0.25, -0.2) is 4.90 Å². The molecule has 0 saturated carbocycles. The van der Waals surface area contributed by atoms with E-state index in [2.05, 4.69) is 11.4 Å². The van der Waals surface area contributed by atoms with E-state index in [1.807, 2.05) is 43.3 Å². The molecule has 1 aliphatic heterocycles. The summed E-state index contributed by atoms with van der Waals surface area (Å²) >= 11 is 0. The first-order valence-corrected chi connectivity index (χ1v) is 13.7. The standard InChI is InChI=1S/C34H29N3O6/c1-20-26(24-10-4-3-5-11-24)12-7-13-29(20)37-32(39)27-15-25(18-36-31(21(2)38)34(41)42)30(16-28(27)33(37)40)43-19-23-9-6-8-22(14-23)17-35/h3-16,21,31,36,38H,18-19H2,1-2H3,(H,41,42)/t21-,31-/m0/s1. The Morgan fingerprint density at radius 1 is 0.953 bits per heavy atom. The highest BCUT2D eigenvalue weighted by Gasteiger charge is 2.39. The molecular weight excluding hydrogens is 546 g/mol. The predicted octanol–water partition coefficient (Wildman–Crippen LogP) is 4.84. The van der Waals surface area contributed by atoms with Gasteiger partial charge in [0.05, 0.1) is 34.6 Å². The lowest BCUT2D eigenvalue weighted by Crippen LogP contribution is -2.44. The normalized spacial score (nSPS) is 13.8. The van der Waals surface area contributed by atoms with Crippen LogP contribution in [0.1, 0.15) is 49.9 Å². The van der Waals surface area contributed by atoms with Gasteiger partial charge in [0, 0.05) is 12.1 Å².